The lowest BCUT2D eigenvalue weighted by molar-refractivity contribution is 0.586. The largest absolute Gasteiger partial charge is 0.398 e. The van der Waals surface area contributed by atoms with Crippen molar-refractivity contribution >= 4 is 27.3 Å². The fourth-order valence-corrected chi connectivity index (χ4v) is 2.28. The normalized spacial score (nSPS) is 11.3. The molecule has 0 atom stereocenters. The highest BCUT2D eigenvalue weighted by Crippen LogP contribution is 2.16. The van der Waals surface area contributed by atoms with Gasteiger partial charge in [0.05, 0.1) is 5.69 Å². The molecule has 0 bridgehead atoms. The van der Waals surface area contributed by atoms with Crippen molar-refractivity contribution in [3.05, 3.63) is 35.9 Å². The van der Waals surface area contributed by atoms with Crippen LogP contribution in [0.3, 0.4) is 0 Å². The zero-order valence-electron chi connectivity index (χ0n) is 7.90. The summed E-state index contributed by atoms with van der Waals surface area (Å²) in [6.45, 7) is 3.37. The Morgan fingerprint density at radius 2 is 2.07 bits per heavy atom. The Kier molecular flexibility index (Phi) is 3.73. The molecule has 0 saturated carbocycles. The number of hydrogen-bond donors (Lipinski definition) is 2. The summed E-state index contributed by atoms with van der Waals surface area (Å²) < 4.78 is 25.6. The van der Waals surface area contributed by atoms with Crippen LogP contribution in [0.15, 0.2) is 40.8 Å². The van der Waals surface area contributed by atoms with Crippen molar-refractivity contribution in [3.63, 3.8) is 0 Å². The summed E-state index contributed by atoms with van der Waals surface area (Å²) in [6.07, 6.45) is 0. The highest BCUT2D eigenvalue weighted by Gasteiger charge is 2.15. The van der Waals surface area contributed by atoms with E-state index >= 15 is 0 Å². The molecule has 0 amide bonds. The Morgan fingerprint density at radius 3 is 2.60 bits per heavy atom. The molecule has 0 spiro atoms. The van der Waals surface area contributed by atoms with Gasteiger partial charge in [-0.1, -0.05) is 30.3 Å². The van der Waals surface area contributed by atoms with Gasteiger partial charge < -0.3 is 5.73 Å². The Balaban J connectivity index is 2.97. The molecule has 15 heavy (non-hydrogen) atoms. The molecule has 0 aromatic heterocycles. The molecule has 0 saturated heterocycles. The molecule has 3 N–H and O–H groups in total. The van der Waals surface area contributed by atoms with E-state index in [1.165, 1.54) is 12.1 Å². The second-order valence-corrected chi connectivity index (χ2v) is 5.15. The van der Waals surface area contributed by atoms with Gasteiger partial charge in [-0.2, -0.15) is 0 Å². The average Bonchev–Trinajstić information content (AvgIpc) is 2.15. The molecule has 0 aliphatic heterocycles. The summed E-state index contributed by atoms with van der Waals surface area (Å²) in [5.74, 6) is 0. The van der Waals surface area contributed by atoms with Crippen LogP contribution in [0.1, 0.15) is 0 Å². The number of rotatable bonds is 4. The topological polar surface area (TPSA) is 72.2 Å². The molecule has 82 valence electrons. The van der Waals surface area contributed by atoms with Crippen molar-refractivity contribution in [2.75, 3.05) is 12.3 Å². The number of sulfonamides is 1. The van der Waals surface area contributed by atoms with E-state index in [9.17, 15) is 8.42 Å². The van der Waals surface area contributed by atoms with Crippen molar-refractivity contribution in [2.24, 2.45) is 0 Å². The predicted molar refractivity (Wildman–Crippen MR) is 61.0 cm³/mol. The third-order valence-corrected chi connectivity index (χ3v) is 3.27. The molecule has 6 heteroatoms. The molecule has 1 aromatic rings. The van der Waals surface area contributed by atoms with Gasteiger partial charge in [0.1, 0.15) is 4.90 Å². The van der Waals surface area contributed by atoms with Crippen molar-refractivity contribution in [1.29, 1.82) is 0 Å². The Hall–Kier alpha value is -1.04. The maximum absolute atomic E-state index is 11.7. The molecule has 4 nitrogen and oxygen atoms in total. The van der Waals surface area contributed by atoms with Gasteiger partial charge in [-0.15, -0.1) is 0 Å². The molecule has 1 rings (SSSR count). The fourth-order valence-electron chi connectivity index (χ4n) is 0.976. The van der Waals surface area contributed by atoms with Crippen molar-refractivity contribution < 1.29 is 8.42 Å². The van der Waals surface area contributed by atoms with E-state index in [4.69, 9.17) is 17.3 Å². The van der Waals surface area contributed by atoms with Gasteiger partial charge in [0.25, 0.3) is 0 Å². The first-order valence-electron chi connectivity index (χ1n) is 4.11. The van der Waals surface area contributed by atoms with Crippen LogP contribution in [-0.4, -0.2) is 15.0 Å². The van der Waals surface area contributed by atoms with E-state index in [1.807, 2.05) is 0 Å². The molecule has 0 radical (unpaired) electrons. The molecule has 1 aromatic carbocycles. The second kappa shape index (κ2) is 4.65. The van der Waals surface area contributed by atoms with Gasteiger partial charge in [0.15, 0.2) is 0 Å². The SMILES string of the molecule is C=C(Cl)CNS(=O)(=O)c1ccccc1N. The van der Waals surface area contributed by atoms with Gasteiger partial charge >= 0.3 is 0 Å². The van der Waals surface area contributed by atoms with Gasteiger partial charge in [-0.25, -0.2) is 13.1 Å². The summed E-state index contributed by atoms with van der Waals surface area (Å²) in [6, 6.07) is 6.20. The fraction of sp³-hybridized carbons (Fsp3) is 0.111. The number of nitrogens with two attached hydrogens (primary N) is 1. The molecular formula is C9H11ClN2O2S. The van der Waals surface area contributed by atoms with E-state index in [2.05, 4.69) is 11.3 Å². The summed E-state index contributed by atoms with van der Waals surface area (Å²) in [4.78, 5) is 0.0444. The van der Waals surface area contributed by atoms with Crippen molar-refractivity contribution in [2.45, 2.75) is 4.90 Å². The molecular weight excluding hydrogens is 236 g/mol. The second-order valence-electron chi connectivity index (χ2n) is 2.88. The quantitative estimate of drug-likeness (QED) is 0.787. The van der Waals surface area contributed by atoms with Crippen LogP contribution in [-0.2, 0) is 10.0 Å². The number of para-hydroxylation sites is 1. The van der Waals surface area contributed by atoms with Crippen molar-refractivity contribution in [1.82, 2.24) is 4.72 Å². The minimum atomic E-state index is -3.61. The summed E-state index contributed by atoms with van der Waals surface area (Å²) in [5.41, 5.74) is 5.74. The number of benzene rings is 1. The van der Waals surface area contributed by atoms with Gasteiger partial charge in [0, 0.05) is 11.6 Å². The number of nitrogen functional groups attached to an aromatic ring is 1. The molecule has 0 heterocycles. The first-order valence-corrected chi connectivity index (χ1v) is 5.97. The van der Waals surface area contributed by atoms with Gasteiger partial charge in [-0.05, 0) is 12.1 Å². The average molecular weight is 247 g/mol. The molecule has 0 aliphatic carbocycles. The Morgan fingerprint density at radius 1 is 1.47 bits per heavy atom. The third kappa shape index (κ3) is 3.23. The van der Waals surface area contributed by atoms with Crippen LogP contribution in [0.5, 0.6) is 0 Å². The lowest BCUT2D eigenvalue weighted by Gasteiger charge is -2.07. The molecule has 0 fully saturated rings. The highest BCUT2D eigenvalue weighted by atomic mass is 35.5. The molecule has 0 aliphatic rings. The Bertz CT molecular complexity index is 471. The van der Waals surface area contributed by atoms with Crippen LogP contribution in [0.25, 0.3) is 0 Å². The Labute approximate surface area is 93.8 Å². The van der Waals surface area contributed by atoms with Crippen molar-refractivity contribution in [3.8, 4) is 0 Å². The number of nitrogens with one attached hydrogen (secondary N) is 1. The van der Waals surface area contributed by atoms with Crippen LogP contribution >= 0.6 is 11.6 Å². The van der Waals surface area contributed by atoms with Gasteiger partial charge in [0.2, 0.25) is 10.0 Å². The van der Waals surface area contributed by atoms with E-state index in [-0.39, 0.29) is 22.2 Å². The smallest absolute Gasteiger partial charge is 0.242 e. The summed E-state index contributed by atoms with van der Waals surface area (Å²) in [7, 11) is -3.61. The zero-order chi connectivity index (χ0) is 11.5. The minimum Gasteiger partial charge on any atom is -0.398 e. The first kappa shape index (κ1) is 12.0. The predicted octanol–water partition coefficient (Wildman–Crippen LogP) is 1.30. The van der Waals surface area contributed by atoms with E-state index < -0.39 is 10.0 Å². The van der Waals surface area contributed by atoms with Crippen LogP contribution in [0.2, 0.25) is 0 Å². The minimum absolute atomic E-state index is 0.0157. The lowest BCUT2D eigenvalue weighted by atomic mass is 10.3. The highest BCUT2D eigenvalue weighted by molar-refractivity contribution is 7.89. The van der Waals surface area contributed by atoms with Gasteiger partial charge in [-0.3, -0.25) is 0 Å². The lowest BCUT2D eigenvalue weighted by Crippen LogP contribution is -2.25. The van der Waals surface area contributed by atoms with Crippen LogP contribution < -0.4 is 10.5 Å². The van der Waals surface area contributed by atoms with E-state index in [0.717, 1.165) is 0 Å². The molecule has 0 unspecified atom stereocenters. The van der Waals surface area contributed by atoms with Crippen LogP contribution in [0.4, 0.5) is 5.69 Å². The summed E-state index contributed by atoms with van der Waals surface area (Å²) in [5, 5.41) is 0.216. The standard InChI is InChI=1S/C9H11ClN2O2S/c1-7(10)6-12-15(13,14)9-5-3-2-4-8(9)11/h2-5,12H,1,6,11H2. The number of halogens is 1. The maximum Gasteiger partial charge on any atom is 0.242 e. The van der Waals surface area contributed by atoms with E-state index in [0.29, 0.717) is 0 Å². The third-order valence-electron chi connectivity index (χ3n) is 1.66. The maximum atomic E-state index is 11.7. The van der Waals surface area contributed by atoms with Crippen LogP contribution in [0, 0.1) is 0 Å². The number of anilines is 1. The monoisotopic (exact) mass is 246 g/mol. The van der Waals surface area contributed by atoms with E-state index in [1.54, 1.807) is 12.1 Å². The zero-order valence-corrected chi connectivity index (χ0v) is 9.48. The summed E-state index contributed by atoms with van der Waals surface area (Å²) >= 11 is 5.46. The first-order chi connectivity index (χ1) is 6.93. The number of hydrogen-bond acceptors (Lipinski definition) is 3.